The zero-order chi connectivity index (χ0) is 13.3. The number of nitrogens with zero attached hydrogens (tertiary/aromatic N) is 2. The van der Waals surface area contributed by atoms with E-state index < -0.39 is 0 Å². The van der Waals surface area contributed by atoms with E-state index in [0.29, 0.717) is 5.41 Å². The van der Waals surface area contributed by atoms with Crippen molar-refractivity contribution in [1.29, 1.82) is 0 Å². The van der Waals surface area contributed by atoms with Crippen molar-refractivity contribution in [3.05, 3.63) is 30.1 Å². The van der Waals surface area contributed by atoms with Crippen molar-refractivity contribution in [2.75, 3.05) is 6.54 Å². The van der Waals surface area contributed by atoms with Crippen LogP contribution in [0.15, 0.2) is 24.3 Å². The Kier molecular flexibility index (Phi) is 3.31. The molecule has 0 unspecified atom stereocenters. The predicted molar refractivity (Wildman–Crippen MR) is 79.1 cm³/mol. The van der Waals surface area contributed by atoms with Crippen LogP contribution >= 0.6 is 0 Å². The highest BCUT2D eigenvalue weighted by molar-refractivity contribution is 5.75. The van der Waals surface area contributed by atoms with E-state index in [2.05, 4.69) is 48.0 Å². The first-order valence-electron chi connectivity index (χ1n) is 7.37. The number of hydrogen-bond acceptors (Lipinski definition) is 2. The lowest BCUT2D eigenvalue weighted by molar-refractivity contribution is 0.156. The van der Waals surface area contributed by atoms with E-state index in [1.165, 1.54) is 24.8 Å². The summed E-state index contributed by atoms with van der Waals surface area (Å²) in [5.41, 5.74) is 2.89. The van der Waals surface area contributed by atoms with E-state index >= 15 is 0 Å². The first kappa shape index (κ1) is 12.7. The lowest BCUT2D eigenvalue weighted by atomic mass is 9.70. The predicted octanol–water partition coefficient (Wildman–Crippen LogP) is 3.34. The normalized spacial score (nSPS) is 17.6. The lowest BCUT2D eigenvalue weighted by Gasteiger charge is -2.38. The van der Waals surface area contributed by atoms with Gasteiger partial charge >= 0.3 is 0 Å². The molecule has 1 aromatic heterocycles. The van der Waals surface area contributed by atoms with Gasteiger partial charge in [0.2, 0.25) is 0 Å². The lowest BCUT2D eigenvalue weighted by Crippen LogP contribution is -2.37. The average Bonchev–Trinajstić information content (AvgIpc) is 2.74. The van der Waals surface area contributed by atoms with Crippen LogP contribution < -0.4 is 5.32 Å². The highest BCUT2D eigenvalue weighted by atomic mass is 15.1. The molecule has 3 nitrogen and oxygen atoms in total. The Morgan fingerprint density at radius 3 is 2.79 bits per heavy atom. The maximum absolute atomic E-state index is 4.75. The number of hydrogen-bond donors (Lipinski definition) is 1. The smallest absolute Gasteiger partial charge is 0.123 e. The molecule has 1 N–H and O–H groups in total. The molecule has 1 aliphatic rings. The highest BCUT2D eigenvalue weighted by Crippen LogP contribution is 2.39. The molecule has 0 aliphatic heterocycles. The van der Waals surface area contributed by atoms with Crippen molar-refractivity contribution >= 4 is 11.0 Å². The van der Waals surface area contributed by atoms with Crippen molar-refractivity contribution in [3.63, 3.8) is 0 Å². The van der Waals surface area contributed by atoms with Crippen LogP contribution in [0, 0.1) is 5.41 Å². The van der Waals surface area contributed by atoms with Gasteiger partial charge in [-0.05, 0) is 37.3 Å². The first-order chi connectivity index (χ1) is 9.22. The summed E-state index contributed by atoms with van der Waals surface area (Å²) in [6.45, 7) is 7.53. The number of nitrogens with one attached hydrogen (secondary N) is 1. The summed E-state index contributed by atoms with van der Waals surface area (Å²) in [5.74, 6) is 1.16. The van der Waals surface area contributed by atoms with Crippen LogP contribution in [0.1, 0.15) is 38.9 Å². The SMILES string of the molecule is CCn1c(CNCC2(C)CCC2)nc2ccccc21. The number of fused-ring (bicyclic) bond motifs is 1. The van der Waals surface area contributed by atoms with Crippen molar-refractivity contribution in [2.45, 2.75) is 46.2 Å². The van der Waals surface area contributed by atoms with Gasteiger partial charge in [-0.3, -0.25) is 0 Å². The maximum atomic E-state index is 4.75. The molecule has 1 saturated carbocycles. The monoisotopic (exact) mass is 257 g/mol. The molecule has 3 rings (SSSR count). The van der Waals surface area contributed by atoms with Crippen molar-refractivity contribution in [2.24, 2.45) is 5.41 Å². The molecule has 102 valence electrons. The summed E-state index contributed by atoms with van der Waals surface area (Å²) in [5, 5.41) is 3.60. The molecule has 1 fully saturated rings. The summed E-state index contributed by atoms with van der Waals surface area (Å²) >= 11 is 0. The summed E-state index contributed by atoms with van der Waals surface area (Å²) < 4.78 is 2.31. The van der Waals surface area contributed by atoms with Crippen LogP contribution in [0.5, 0.6) is 0 Å². The second-order valence-electron chi connectivity index (χ2n) is 6.03. The van der Waals surface area contributed by atoms with Gasteiger partial charge in [-0.2, -0.15) is 0 Å². The van der Waals surface area contributed by atoms with Crippen molar-refractivity contribution in [3.8, 4) is 0 Å². The van der Waals surface area contributed by atoms with Crippen molar-refractivity contribution < 1.29 is 0 Å². The Hall–Kier alpha value is -1.35. The minimum atomic E-state index is 0.531. The second-order valence-corrected chi connectivity index (χ2v) is 6.03. The van der Waals surface area contributed by atoms with E-state index in [4.69, 9.17) is 4.98 Å². The van der Waals surface area contributed by atoms with Gasteiger partial charge < -0.3 is 9.88 Å². The topological polar surface area (TPSA) is 29.9 Å². The average molecular weight is 257 g/mol. The second kappa shape index (κ2) is 4.97. The fourth-order valence-corrected chi connectivity index (χ4v) is 3.05. The number of imidazole rings is 1. The van der Waals surface area contributed by atoms with Gasteiger partial charge in [0.1, 0.15) is 5.82 Å². The van der Waals surface area contributed by atoms with Crippen molar-refractivity contribution in [1.82, 2.24) is 14.9 Å². The van der Waals surface area contributed by atoms with Crippen LogP contribution in [-0.2, 0) is 13.1 Å². The van der Waals surface area contributed by atoms with Gasteiger partial charge in [-0.1, -0.05) is 25.5 Å². The molecule has 0 radical (unpaired) electrons. The fourth-order valence-electron chi connectivity index (χ4n) is 3.05. The molecular formula is C16H23N3. The molecule has 0 saturated heterocycles. The van der Waals surface area contributed by atoms with Gasteiger partial charge in [0, 0.05) is 13.1 Å². The van der Waals surface area contributed by atoms with Gasteiger partial charge in [-0.15, -0.1) is 0 Å². The van der Waals surface area contributed by atoms with Gasteiger partial charge in [0.25, 0.3) is 0 Å². The molecular weight excluding hydrogens is 234 g/mol. The molecule has 1 heterocycles. The Morgan fingerprint density at radius 1 is 1.32 bits per heavy atom. The third kappa shape index (κ3) is 2.39. The van der Waals surface area contributed by atoms with E-state index in [9.17, 15) is 0 Å². The fraction of sp³-hybridized carbons (Fsp3) is 0.562. The minimum absolute atomic E-state index is 0.531. The van der Waals surface area contributed by atoms with Crippen LogP contribution in [0.2, 0.25) is 0 Å². The van der Waals surface area contributed by atoms with Crippen LogP contribution in [0.25, 0.3) is 11.0 Å². The standard InChI is InChI=1S/C16H23N3/c1-3-19-14-8-5-4-7-13(14)18-15(19)11-17-12-16(2)9-6-10-16/h4-5,7-8,17H,3,6,9-12H2,1-2H3. The summed E-state index contributed by atoms with van der Waals surface area (Å²) in [6.07, 6.45) is 4.13. The summed E-state index contributed by atoms with van der Waals surface area (Å²) in [4.78, 5) is 4.75. The minimum Gasteiger partial charge on any atom is -0.327 e. The van der Waals surface area contributed by atoms with Crippen LogP contribution in [0.4, 0.5) is 0 Å². The molecule has 0 spiro atoms. The van der Waals surface area contributed by atoms with Gasteiger partial charge in [0.15, 0.2) is 0 Å². The highest BCUT2D eigenvalue weighted by Gasteiger charge is 2.31. The Bertz CT molecular complexity index is 566. The Balaban J connectivity index is 1.73. The maximum Gasteiger partial charge on any atom is 0.123 e. The third-order valence-corrected chi connectivity index (χ3v) is 4.45. The number of para-hydroxylation sites is 2. The number of rotatable bonds is 5. The van der Waals surface area contributed by atoms with E-state index in [-0.39, 0.29) is 0 Å². The Morgan fingerprint density at radius 2 is 2.11 bits per heavy atom. The van der Waals surface area contributed by atoms with Crippen LogP contribution in [0.3, 0.4) is 0 Å². The molecule has 0 bridgehead atoms. The molecule has 0 atom stereocenters. The van der Waals surface area contributed by atoms with E-state index in [1.54, 1.807) is 0 Å². The van der Waals surface area contributed by atoms with Gasteiger partial charge in [0.05, 0.1) is 17.6 Å². The molecule has 2 aromatic rings. The zero-order valence-corrected chi connectivity index (χ0v) is 11.9. The number of benzene rings is 1. The molecule has 3 heteroatoms. The molecule has 19 heavy (non-hydrogen) atoms. The number of aromatic nitrogens is 2. The third-order valence-electron chi connectivity index (χ3n) is 4.45. The zero-order valence-electron chi connectivity index (χ0n) is 11.9. The van der Waals surface area contributed by atoms with Crippen LogP contribution in [-0.4, -0.2) is 16.1 Å². The van der Waals surface area contributed by atoms with E-state index in [0.717, 1.165) is 31.0 Å². The molecule has 0 amide bonds. The Labute approximate surface area is 115 Å². The van der Waals surface area contributed by atoms with Gasteiger partial charge in [-0.25, -0.2) is 4.98 Å². The first-order valence-corrected chi connectivity index (χ1v) is 7.37. The molecule has 1 aromatic carbocycles. The van der Waals surface area contributed by atoms with E-state index in [1.807, 2.05) is 0 Å². The summed E-state index contributed by atoms with van der Waals surface area (Å²) in [6, 6.07) is 8.39. The quantitative estimate of drug-likeness (QED) is 0.890. The summed E-state index contributed by atoms with van der Waals surface area (Å²) in [7, 11) is 0. The number of aryl methyl sites for hydroxylation is 1. The molecule has 1 aliphatic carbocycles. The largest absolute Gasteiger partial charge is 0.327 e.